The monoisotopic (exact) mass is 350 g/mol. The molecule has 1 N–H and O–H groups in total. The van der Waals surface area contributed by atoms with Crippen molar-refractivity contribution in [3.8, 4) is 0 Å². The molecule has 7 nitrogen and oxygen atoms in total. The lowest BCUT2D eigenvalue weighted by Crippen LogP contribution is -2.23. The van der Waals surface area contributed by atoms with Crippen molar-refractivity contribution in [2.75, 3.05) is 6.54 Å². The Morgan fingerprint density at radius 2 is 2.04 bits per heavy atom. The minimum absolute atomic E-state index is 0.0265. The van der Waals surface area contributed by atoms with Crippen LogP contribution in [0.15, 0.2) is 60.9 Å². The van der Waals surface area contributed by atoms with Crippen molar-refractivity contribution in [3.63, 3.8) is 0 Å². The molecule has 2 heterocycles. The maximum atomic E-state index is 11.8. The second-order valence-corrected chi connectivity index (χ2v) is 5.75. The Morgan fingerprint density at radius 3 is 2.81 bits per heavy atom. The van der Waals surface area contributed by atoms with Gasteiger partial charge in [-0.25, -0.2) is 4.98 Å². The van der Waals surface area contributed by atoms with Crippen LogP contribution in [0.2, 0.25) is 0 Å². The third kappa shape index (κ3) is 4.32. The Bertz CT molecular complexity index is 945. The molecule has 0 aliphatic carbocycles. The van der Waals surface area contributed by atoms with Gasteiger partial charge in [0, 0.05) is 49.1 Å². The average Bonchev–Trinajstić information content (AvgIpc) is 3.07. The summed E-state index contributed by atoms with van der Waals surface area (Å²) in [6.45, 7) is 1.32. The summed E-state index contributed by atoms with van der Waals surface area (Å²) < 4.78 is 2.06. The van der Waals surface area contributed by atoms with E-state index >= 15 is 0 Å². The molecule has 0 fully saturated rings. The largest absolute Gasteiger partial charge is 0.352 e. The topological polar surface area (TPSA) is 90.1 Å². The zero-order valence-electron chi connectivity index (χ0n) is 14.0. The first-order chi connectivity index (χ1) is 12.6. The number of nitro groups is 1. The zero-order chi connectivity index (χ0) is 18.4. The minimum Gasteiger partial charge on any atom is -0.352 e. The van der Waals surface area contributed by atoms with E-state index in [-0.39, 0.29) is 11.6 Å². The number of non-ortho nitro benzene ring substituents is 1. The van der Waals surface area contributed by atoms with Crippen molar-refractivity contribution in [3.05, 3.63) is 76.6 Å². The highest BCUT2D eigenvalue weighted by Gasteiger charge is 2.03. The van der Waals surface area contributed by atoms with E-state index in [9.17, 15) is 14.9 Å². The first-order valence-corrected chi connectivity index (χ1v) is 8.24. The lowest BCUT2D eigenvalue weighted by Gasteiger charge is -2.05. The molecular formula is C19H18N4O3. The second-order valence-electron chi connectivity index (χ2n) is 5.75. The van der Waals surface area contributed by atoms with E-state index in [0.29, 0.717) is 6.54 Å². The maximum Gasteiger partial charge on any atom is 0.269 e. The number of nitro benzene ring substituents is 1. The number of pyridine rings is 1. The maximum absolute atomic E-state index is 11.8. The number of aromatic nitrogens is 2. The van der Waals surface area contributed by atoms with E-state index in [1.54, 1.807) is 24.4 Å². The molecule has 3 rings (SSSR count). The Labute approximate surface area is 150 Å². The highest BCUT2D eigenvalue weighted by molar-refractivity contribution is 5.91. The van der Waals surface area contributed by atoms with Gasteiger partial charge in [-0.2, -0.15) is 0 Å². The van der Waals surface area contributed by atoms with Gasteiger partial charge < -0.3 is 9.88 Å². The Balaban J connectivity index is 1.44. The summed E-state index contributed by atoms with van der Waals surface area (Å²) in [6.07, 6.45) is 7.60. The molecular weight excluding hydrogens is 332 g/mol. The van der Waals surface area contributed by atoms with E-state index < -0.39 is 4.92 Å². The van der Waals surface area contributed by atoms with Crippen molar-refractivity contribution in [2.45, 2.75) is 13.0 Å². The number of hydrogen-bond acceptors (Lipinski definition) is 4. The number of aryl methyl sites for hydroxylation is 1. The van der Waals surface area contributed by atoms with E-state index in [4.69, 9.17) is 0 Å². The molecule has 0 saturated heterocycles. The van der Waals surface area contributed by atoms with Crippen LogP contribution >= 0.6 is 0 Å². The molecule has 2 aromatic heterocycles. The van der Waals surface area contributed by atoms with Crippen molar-refractivity contribution in [2.24, 2.45) is 0 Å². The number of benzene rings is 1. The highest BCUT2D eigenvalue weighted by atomic mass is 16.6. The summed E-state index contributed by atoms with van der Waals surface area (Å²) in [4.78, 5) is 26.3. The normalized spacial score (nSPS) is 11.1. The number of amides is 1. The smallest absolute Gasteiger partial charge is 0.269 e. The summed E-state index contributed by atoms with van der Waals surface area (Å²) in [6, 6.07) is 12.0. The molecule has 0 saturated carbocycles. The fourth-order valence-corrected chi connectivity index (χ4v) is 2.60. The van der Waals surface area contributed by atoms with Crippen molar-refractivity contribution in [1.82, 2.24) is 14.9 Å². The Hall–Kier alpha value is -3.48. The van der Waals surface area contributed by atoms with Gasteiger partial charge in [-0.1, -0.05) is 0 Å². The van der Waals surface area contributed by atoms with E-state index in [0.717, 1.165) is 29.6 Å². The number of hydrogen-bond donors (Lipinski definition) is 1. The molecule has 0 spiro atoms. The van der Waals surface area contributed by atoms with Crippen LogP contribution in [0.4, 0.5) is 5.69 Å². The van der Waals surface area contributed by atoms with Crippen LogP contribution in [-0.2, 0) is 11.3 Å². The van der Waals surface area contributed by atoms with Gasteiger partial charge in [0.05, 0.1) is 4.92 Å². The molecule has 0 atom stereocenters. The van der Waals surface area contributed by atoms with Crippen LogP contribution in [-0.4, -0.2) is 26.9 Å². The van der Waals surface area contributed by atoms with Crippen LogP contribution < -0.4 is 5.32 Å². The standard InChI is InChI=1S/C19H18N4O3/c24-18(9-6-15-4-7-17(8-5-15)23(25)26)20-12-2-13-22-14-10-16-3-1-11-21-19(16)22/h1,3-11,14H,2,12-13H2,(H,20,24)/b9-6+. The van der Waals surface area contributed by atoms with Gasteiger partial charge in [0.1, 0.15) is 5.65 Å². The van der Waals surface area contributed by atoms with Gasteiger partial charge >= 0.3 is 0 Å². The summed E-state index contributed by atoms with van der Waals surface area (Å²) in [5, 5.41) is 14.5. The van der Waals surface area contributed by atoms with Crippen LogP contribution in [0.3, 0.4) is 0 Å². The fraction of sp³-hybridized carbons (Fsp3) is 0.158. The number of carbonyl (C=O) groups is 1. The fourth-order valence-electron chi connectivity index (χ4n) is 2.60. The first-order valence-electron chi connectivity index (χ1n) is 8.24. The van der Waals surface area contributed by atoms with Gasteiger partial charge in [0.25, 0.3) is 5.69 Å². The molecule has 0 radical (unpaired) electrons. The zero-order valence-corrected chi connectivity index (χ0v) is 14.0. The van der Waals surface area contributed by atoms with Gasteiger partial charge in [-0.3, -0.25) is 14.9 Å². The summed E-state index contributed by atoms with van der Waals surface area (Å²) in [5.41, 5.74) is 1.70. The lowest BCUT2D eigenvalue weighted by molar-refractivity contribution is -0.384. The summed E-state index contributed by atoms with van der Waals surface area (Å²) in [7, 11) is 0. The molecule has 0 aliphatic heterocycles. The first kappa shape index (κ1) is 17.3. The van der Waals surface area contributed by atoms with Gasteiger partial charge in [-0.05, 0) is 48.4 Å². The molecule has 132 valence electrons. The van der Waals surface area contributed by atoms with Crippen LogP contribution in [0.5, 0.6) is 0 Å². The van der Waals surface area contributed by atoms with E-state index in [1.807, 2.05) is 24.4 Å². The quantitative estimate of drug-likeness (QED) is 0.307. The van der Waals surface area contributed by atoms with Crippen LogP contribution in [0.1, 0.15) is 12.0 Å². The molecule has 0 bridgehead atoms. The van der Waals surface area contributed by atoms with E-state index in [2.05, 4.69) is 14.9 Å². The van der Waals surface area contributed by atoms with Gasteiger partial charge in [-0.15, -0.1) is 0 Å². The lowest BCUT2D eigenvalue weighted by atomic mass is 10.2. The van der Waals surface area contributed by atoms with Crippen molar-refractivity contribution < 1.29 is 9.72 Å². The minimum atomic E-state index is -0.455. The third-order valence-corrected chi connectivity index (χ3v) is 3.93. The Kier molecular flexibility index (Phi) is 5.38. The van der Waals surface area contributed by atoms with E-state index in [1.165, 1.54) is 18.2 Å². The number of carbonyl (C=O) groups excluding carboxylic acids is 1. The molecule has 3 aromatic rings. The second kappa shape index (κ2) is 8.06. The SMILES string of the molecule is O=C(/C=C/c1ccc([N+](=O)[O-])cc1)NCCCn1ccc2cccnc21. The average molecular weight is 350 g/mol. The van der Waals surface area contributed by atoms with Crippen molar-refractivity contribution in [1.29, 1.82) is 0 Å². The van der Waals surface area contributed by atoms with Gasteiger partial charge in [0.15, 0.2) is 0 Å². The Morgan fingerprint density at radius 1 is 1.23 bits per heavy atom. The molecule has 7 heteroatoms. The molecule has 26 heavy (non-hydrogen) atoms. The van der Waals surface area contributed by atoms with Crippen LogP contribution in [0.25, 0.3) is 17.1 Å². The highest BCUT2D eigenvalue weighted by Crippen LogP contribution is 2.13. The molecule has 1 aromatic carbocycles. The van der Waals surface area contributed by atoms with Crippen LogP contribution in [0, 0.1) is 10.1 Å². The number of nitrogens with one attached hydrogen (secondary N) is 1. The molecule has 0 aliphatic rings. The third-order valence-electron chi connectivity index (χ3n) is 3.93. The predicted molar refractivity (Wildman–Crippen MR) is 99.5 cm³/mol. The molecule has 0 unspecified atom stereocenters. The summed E-state index contributed by atoms with van der Waals surface area (Å²) >= 11 is 0. The number of nitrogens with zero attached hydrogens (tertiary/aromatic N) is 3. The number of rotatable bonds is 7. The predicted octanol–water partition coefficient (Wildman–Crippen LogP) is 3.16. The summed E-state index contributed by atoms with van der Waals surface area (Å²) in [5.74, 6) is -0.196. The van der Waals surface area contributed by atoms with Crippen molar-refractivity contribution >= 4 is 28.7 Å². The van der Waals surface area contributed by atoms with Gasteiger partial charge in [0.2, 0.25) is 5.91 Å². The molecule has 1 amide bonds. The number of fused-ring (bicyclic) bond motifs is 1.